The summed E-state index contributed by atoms with van der Waals surface area (Å²) in [5, 5.41) is 13.5. The molecule has 0 bridgehead atoms. The van der Waals surface area contributed by atoms with Crippen LogP contribution in [0, 0.1) is 6.92 Å². The Labute approximate surface area is 196 Å². The molecule has 34 heavy (non-hydrogen) atoms. The first-order valence-electron chi connectivity index (χ1n) is 11.3. The molecule has 1 atom stereocenters. The Morgan fingerprint density at radius 2 is 1.85 bits per heavy atom. The van der Waals surface area contributed by atoms with E-state index in [9.17, 15) is 4.79 Å². The standard InChI is InChI=1S/C25H26N6O3/c1-3-23(24-27-28-29-31(24)16-21-7-5-11-34-21)30(15-20-6-4-10-33-20)14-19-13-18-9-8-17(2)12-22(18)26-25(19)32/h4-13,23H,3,14-16H2,1-2H3,(H,26,32). The maximum absolute atomic E-state index is 13.0. The molecular formula is C25H26N6O3. The summed E-state index contributed by atoms with van der Waals surface area (Å²) in [5.74, 6) is 2.27. The Bertz CT molecular complexity index is 1420. The number of pyridine rings is 1. The van der Waals surface area contributed by atoms with Crippen LogP contribution >= 0.6 is 0 Å². The lowest BCUT2D eigenvalue weighted by molar-refractivity contribution is 0.149. The number of nitrogens with zero attached hydrogens (tertiary/aromatic N) is 5. The number of aromatic amines is 1. The smallest absolute Gasteiger partial charge is 0.252 e. The summed E-state index contributed by atoms with van der Waals surface area (Å²) in [4.78, 5) is 18.2. The fourth-order valence-electron chi connectivity index (χ4n) is 4.29. The highest BCUT2D eigenvalue weighted by atomic mass is 16.3. The molecule has 0 aliphatic rings. The largest absolute Gasteiger partial charge is 0.468 e. The van der Waals surface area contributed by atoms with E-state index in [2.05, 4.69) is 32.3 Å². The quantitative estimate of drug-likeness (QED) is 0.353. The third kappa shape index (κ3) is 4.55. The Hall–Kier alpha value is -3.98. The lowest BCUT2D eigenvalue weighted by Gasteiger charge is -2.29. The zero-order valence-electron chi connectivity index (χ0n) is 19.1. The molecule has 4 heterocycles. The first-order chi connectivity index (χ1) is 16.6. The van der Waals surface area contributed by atoms with Gasteiger partial charge in [-0.3, -0.25) is 9.69 Å². The van der Waals surface area contributed by atoms with E-state index in [0.717, 1.165) is 34.4 Å². The van der Waals surface area contributed by atoms with Crippen LogP contribution in [0.1, 0.15) is 47.9 Å². The van der Waals surface area contributed by atoms with E-state index < -0.39 is 0 Å². The highest BCUT2D eigenvalue weighted by Gasteiger charge is 2.27. The number of benzene rings is 1. The van der Waals surface area contributed by atoms with Gasteiger partial charge in [-0.2, -0.15) is 0 Å². The lowest BCUT2D eigenvalue weighted by atomic mass is 10.1. The van der Waals surface area contributed by atoms with Crippen LogP contribution < -0.4 is 5.56 Å². The van der Waals surface area contributed by atoms with Crippen molar-refractivity contribution < 1.29 is 8.83 Å². The Morgan fingerprint density at radius 1 is 1.06 bits per heavy atom. The van der Waals surface area contributed by atoms with Crippen LogP contribution in [0.25, 0.3) is 10.9 Å². The minimum atomic E-state index is -0.150. The highest BCUT2D eigenvalue weighted by molar-refractivity contribution is 5.79. The van der Waals surface area contributed by atoms with Crippen molar-refractivity contribution in [3.63, 3.8) is 0 Å². The van der Waals surface area contributed by atoms with Crippen LogP contribution in [0.4, 0.5) is 0 Å². The molecule has 0 amide bonds. The van der Waals surface area contributed by atoms with Gasteiger partial charge >= 0.3 is 0 Å². The van der Waals surface area contributed by atoms with Crippen LogP contribution in [-0.4, -0.2) is 30.1 Å². The molecule has 9 nitrogen and oxygen atoms in total. The van der Waals surface area contributed by atoms with Crippen molar-refractivity contribution in [2.45, 2.75) is 45.9 Å². The summed E-state index contributed by atoms with van der Waals surface area (Å²) in [5.41, 5.74) is 2.50. The predicted molar refractivity (Wildman–Crippen MR) is 126 cm³/mol. The van der Waals surface area contributed by atoms with Gasteiger partial charge in [0.25, 0.3) is 5.56 Å². The van der Waals surface area contributed by atoms with E-state index in [1.165, 1.54) is 0 Å². The third-order valence-electron chi connectivity index (χ3n) is 5.96. The zero-order chi connectivity index (χ0) is 23.5. The SMILES string of the molecule is CCC(c1nnnn1Cc1ccco1)N(Cc1ccco1)Cc1cc2ccc(C)cc2[nH]c1=O. The summed E-state index contributed by atoms with van der Waals surface area (Å²) in [6.07, 6.45) is 4.03. The molecular weight excluding hydrogens is 432 g/mol. The molecule has 0 fully saturated rings. The Kier molecular flexibility index (Phi) is 6.09. The Balaban J connectivity index is 1.50. The minimum absolute atomic E-state index is 0.104. The van der Waals surface area contributed by atoms with Crippen molar-refractivity contribution >= 4 is 10.9 Å². The molecule has 5 rings (SSSR count). The number of hydrogen-bond acceptors (Lipinski definition) is 7. The molecule has 1 N–H and O–H groups in total. The monoisotopic (exact) mass is 458 g/mol. The van der Waals surface area contributed by atoms with Crippen LogP contribution in [0.3, 0.4) is 0 Å². The maximum atomic E-state index is 13.0. The van der Waals surface area contributed by atoms with Crippen molar-refractivity contribution in [3.05, 3.63) is 99.9 Å². The van der Waals surface area contributed by atoms with E-state index >= 15 is 0 Å². The van der Waals surface area contributed by atoms with Gasteiger partial charge in [-0.25, -0.2) is 4.68 Å². The zero-order valence-corrected chi connectivity index (χ0v) is 19.1. The van der Waals surface area contributed by atoms with Crippen LogP contribution in [0.5, 0.6) is 0 Å². The molecule has 1 aromatic carbocycles. The molecule has 4 aromatic heterocycles. The van der Waals surface area contributed by atoms with Crippen molar-refractivity contribution in [1.82, 2.24) is 30.1 Å². The number of H-pyrrole nitrogens is 1. The van der Waals surface area contributed by atoms with Gasteiger partial charge in [0.15, 0.2) is 5.82 Å². The van der Waals surface area contributed by atoms with Gasteiger partial charge in [0, 0.05) is 17.6 Å². The third-order valence-corrected chi connectivity index (χ3v) is 5.96. The number of furan rings is 2. The van der Waals surface area contributed by atoms with E-state index in [1.807, 2.05) is 55.5 Å². The van der Waals surface area contributed by atoms with Crippen molar-refractivity contribution in [2.24, 2.45) is 0 Å². The summed E-state index contributed by atoms with van der Waals surface area (Å²) < 4.78 is 12.9. The molecule has 5 aromatic rings. The van der Waals surface area contributed by atoms with Crippen molar-refractivity contribution in [1.29, 1.82) is 0 Å². The average Bonchev–Trinajstić information content (AvgIpc) is 3.60. The van der Waals surface area contributed by atoms with Gasteiger partial charge in [0.05, 0.1) is 25.1 Å². The van der Waals surface area contributed by atoms with E-state index in [4.69, 9.17) is 8.83 Å². The van der Waals surface area contributed by atoms with Crippen molar-refractivity contribution in [3.8, 4) is 0 Å². The van der Waals surface area contributed by atoms with Crippen LogP contribution in [0.15, 0.2) is 74.7 Å². The van der Waals surface area contributed by atoms with Crippen LogP contribution in [0.2, 0.25) is 0 Å². The number of aryl methyl sites for hydroxylation is 1. The van der Waals surface area contributed by atoms with Gasteiger partial charge in [-0.05, 0) is 71.1 Å². The fourth-order valence-corrected chi connectivity index (χ4v) is 4.29. The van der Waals surface area contributed by atoms with Gasteiger partial charge in [0.1, 0.15) is 18.1 Å². The first-order valence-corrected chi connectivity index (χ1v) is 11.3. The molecule has 0 aliphatic heterocycles. The van der Waals surface area contributed by atoms with Gasteiger partial charge in [-0.1, -0.05) is 19.1 Å². The number of hydrogen-bond donors (Lipinski definition) is 1. The Morgan fingerprint density at radius 3 is 2.59 bits per heavy atom. The molecule has 0 aliphatic carbocycles. The summed E-state index contributed by atoms with van der Waals surface area (Å²) in [7, 11) is 0. The first kappa shape index (κ1) is 21.8. The number of rotatable bonds is 9. The number of tetrazole rings is 1. The maximum Gasteiger partial charge on any atom is 0.252 e. The molecule has 174 valence electrons. The van der Waals surface area contributed by atoms with Crippen LogP contribution in [-0.2, 0) is 19.6 Å². The number of aromatic nitrogens is 5. The van der Waals surface area contributed by atoms with Gasteiger partial charge in [0.2, 0.25) is 0 Å². The second-order valence-corrected chi connectivity index (χ2v) is 8.40. The lowest BCUT2D eigenvalue weighted by Crippen LogP contribution is -2.32. The number of nitrogens with one attached hydrogen (secondary N) is 1. The molecule has 9 heteroatoms. The van der Waals surface area contributed by atoms with E-state index in [-0.39, 0.29) is 11.6 Å². The van der Waals surface area contributed by atoms with E-state index in [0.29, 0.717) is 31.0 Å². The topological polar surface area (TPSA) is 106 Å². The second kappa shape index (κ2) is 9.48. The predicted octanol–water partition coefficient (Wildman–Crippen LogP) is 4.21. The van der Waals surface area contributed by atoms with Gasteiger partial charge < -0.3 is 13.8 Å². The molecule has 0 saturated heterocycles. The molecule has 0 radical (unpaired) electrons. The van der Waals surface area contributed by atoms with Crippen molar-refractivity contribution in [2.75, 3.05) is 0 Å². The van der Waals surface area contributed by atoms with E-state index in [1.54, 1.807) is 17.2 Å². The minimum Gasteiger partial charge on any atom is -0.468 e. The summed E-state index contributed by atoms with van der Waals surface area (Å²) >= 11 is 0. The average molecular weight is 459 g/mol. The second-order valence-electron chi connectivity index (χ2n) is 8.40. The summed E-state index contributed by atoms with van der Waals surface area (Å²) in [6, 6.07) is 15.4. The summed E-state index contributed by atoms with van der Waals surface area (Å²) in [6.45, 7) is 5.43. The van der Waals surface area contributed by atoms with Gasteiger partial charge in [-0.15, -0.1) is 5.10 Å². The number of fused-ring (bicyclic) bond motifs is 1. The molecule has 0 spiro atoms. The molecule has 1 unspecified atom stereocenters. The highest BCUT2D eigenvalue weighted by Crippen LogP contribution is 2.27. The fraction of sp³-hybridized carbons (Fsp3) is 0.280. The molecule has 0 saturated carbocycles. The normalized spacial score (nSPS) is 12.6.